The van der Waals surface area contributed by atoms with Crippen LogP contribution >= 0.6 is 0 Å². The monoisotopic (exact) mass is 275 g/mol. The summed E-state index contributed by atoms with van der Waals surface area (Å²) >= 11 is 0. The summed E-state index contributed by atoms with van der Waals surface area (Å²) in [4.78, 5) is 0. The Bertz CT molecular complexity index is 344. The Balaban J connectivity index is 2.48. The van der Waals surface area contributed by atoms with E-state index in [0.717, 1.165) is 0 Å². The summed E-state index contributed by atoms with van der Waals surface area (Å²) in [6.45, 7) is 1.58. The van der Waals surface area contributed by atoms with Crippen LogP contribution in [0.4, 0.5) is 13.2 Å². The molecule has 0 spiro atoms. The van der Waals surface area contributed by atoms with Gasteiger partial charge in [-0.3, -0.25) is 0 Å². The maximum atomic E-state index is 11.9. The van der Waals surface area contributed by atoms with Gasteiger partial charge in [-0.15, -0.1) is 0 Å². The Morgan fingerprint density at radius 3 is 2.59 bits per heavy atom. The minimum absolute atomic E-state index is 0.0474. The Morgan fingerprint density at radius 2 is 2.06 bits per heavy atom. The van der Waals surface area contributed by atoms with Gasteiger partial charge in [0, 0.05) is 6.04 Å². The molecule has 0 aromatic carbocycles. The molecule has 5 nitrogen and oxygen atoms in total. The van der Waals surface area contributed by atoms with E-state index >= 15 is 0 Å². The van der Waals surface area contributed by atoms with Crippen LogP contribution in [0, 0.1) is 5.92 Å². The largest absolute Gasteiger partial charge is 0.402 e. The Morgan fingerprint density at radius 1 is 1.41 bits per heavy atom. The SMILES string of the molecule is CC1CNCCC1NS(=O)(=O)NCC(F)(F)F. The Labute approximate surface area is 98.3 Å². The van der Waals surface area contributed by atoms with Gasteiger partial charge in [0.25, 0.3) is 10.2 Å². The molecule has 1 saturated heterocycles. The van der Waals surface area contributed by atoms with E-state index in [1.54, 1.807) is 0 Å². The van der Waals surface area contributed by atoms with Crippen LogP contribution in [0.25, 0.3) is 0 Å². The van der Waals surface area contributed by atoms with Crippen LogP contribution in [0.5, 0.6) is 0 Å². The van der Waals surface area contributed by atoms with Crippen LogP contribution in [-0.4, -0.2) is 40.3 Å². The summed E-state index contributed by atoms with van der Waals surface area (Å²) < 4.78 is 62.0. The quantitative estimate of drug-likeness (QED) is 0.675. The smallest absolute Gasteiger partial charge is 0.316 e. The van der Waals surface area contributed by atoms with Crippen LogP contribution < -0.4 is 14.8 Å². The average molecular weight is 275 g/mol. The molecule has 0 amide bonds. The molecule has 1 aliphatic heterocycles. The first-order valence-electron chi connectivity index (χ1n) is 5.24. The molecule has 2 atom stereocenters. The first kappa shape index (κ1) is 14.7. The van der Waals surface area contributed by atoms with Crippen LogP contribution in [0.15, 0.2) is 0 Å². The molecule has 0 radical (unpaired) electrons. The molecular weight excluding hydrogens is 259 g/mol. The van der Waals surface area contributed by atoms with Gasteiger partial charge in [0.15, 0.2) is 0 Å². The van der Waals surface area contributed by atoms with Crippen LogP contribution in [0.2, 0.25) is 0 Å². The average Bonchev–Trinajstić information content (AvgIpc) is 2.18. The first-order valence-corrected chi connectivity index (χ1v) is 6.72. The number of piperidine rings is 1. The third-order valence-electron chi connectivity index (χ3n) is 2.55. The van der Waals surface area contributed by atoms with Crippen LogP contribution in [0.1, 0.15) is 13.3 Å². The van der Waals surface area contributed by atoms with Gasteiger partial charge in [0.1, 0.15) is 6.54 Å². The van der Waals surface area contributed by atoms with E-state index in [4.69, 9.17) is 0 Å². The van der Waals surface area contributed by atoms with E-state index in [1.807, 2.05) is 6.92 Å². The highest BCUT2D eigenvalue weighted by Gasteiger charge is 2.31. The van der Waals surface area contributed by atoms with E-state index in [2.05, 4.69) is 10.0 Å². The molecule has 3 N–H and O–H groups in total. The van der Waals surface area contributed by atoms with Crippen LogP contribution in [-0.2, 0) is 10.2 Å². The van der Waals surface area contributed by atoms with Crippen molar-refractivity contribution in [3.63, 3.8) is 0 Å². The predicted molar refractivity (Wildman–Crippen MR) is 56.6 cm³/mol. The fourth-order valence-corrected chi connectivity index (χ4v) is 2.79. The normalized spacial score (nSPS) is 27.1. The van der Waals surface area contributed by atoms with Crippen molar-refractivity contribution in [2.24, 2.45) is 5.92 Å². The Hall–Kier alpha value is -0.380. The molecule has 102 valence electrons. The van der Waals surface area contributed by atoms with Gasteiger partial charge in [-0.05, 0) is 25.4 Å². The second-order valence-corrected chi connectivity index (χ2v) is 5.67. The Kier molecular flexibility index (Phi) is 4.76. The second kappa shape index (κ2) is 5.51. The van der Waals surface area contributed by atoms with Crippen molar-refractivity contribution in [1.29, 1.82) is 0 Å². The summed E-state index contributed by atoms with van der Waals surface area (Å²) in [6, 6.07) is -0.331. The second-order valence-electron chi connectivity index (χ2n) is 4.13. The fraction of sp³-hybridized carbons (Fsp3) is 1.00. The molecule has 0 bridgehead atoms. The number of rotatable bonds is 4. The van der Waals surface area contributed by atoms with Crippen LogP contribution in [0.3, 0.4) is 0 Å². The lowest BCUT2D eigenvalue weighted by Gasteiger charge is -2.29. The fourth-order valence-electron chi connectivity index (χ4n) is 1.61. The molecule has 1 rings (SSSR count). The van der Waals surface area contributed by atoms with Gasteiger partial charge in [0.05, 0.1) is 0 Å². The minimum atomic E-state index is -4.55. The number of alkyl halides is 3. The van der Waals surface area contributed by atoms with Gasteiger partial charge < -0.3 is 5.32 Å². The van der Waals surface area contributed by atoms with E-state index in [1.165, 1.54) is 4.72 Å². The molecule has 2 unspecified atom stereocenters. The third-order valence-corrected chi connectivity index (χ3v) is 3.69. The maximum Gasteiger partial charge on any atom is 0.402 e. The van der Waals surface area contributed by atoms with Crippen molar-refractivity contribution < 1.29 is 21.6 Å². The highest BCUT2D eigenvalue weighted by Crippen LogP contribution is 2.14. The topological polar surface area (TPSA) is 70.2 Å². The number of hydrogen-bond donors (Lipinski definition) is 3. The van der Waals surface area contributed by atoms with Gasteiger partial charge in [-0.1, -0.05) is 6.92 Å². The number of halogens is 3. The summed E-state index contributed by atoms with van der Waals surface area (Å²) in [5.41, 5.74) is 0. The maximum absolute atomic E-state index is 11.9. The van der Waals surface area contributed by atoms with Gasteiger partial charge in [0.2, 0.25) is 0 Å². The molecule has 0 aliphatic carbocycles. The molecule has 0 aromatic heterocycles. The lowest BCUT2D eigenvalue weighted by Crippen LogP contribution is -2.52. The van der Waals surface area contributed by atoms with E-state index in [-0.39, 0.29) is 12.0 Å². The molecule has 0 aromatic rings. The number of hydrogen-bond acceptors (Lipinski definition) is 3. The lowest BCUT2D eigenvalue weighted by molar-refractivity contribution is -0.121. The molecule has 9 heteroatoms. The zero-order valence-corrected chi connectivity index (χ0v) is 10.2. The molecule has 1 fully saturated rings. The zero-order chi connectivity index (χ0) is 13.1. The standard InChI is InChI=1S/C8H16F3N3O2S/c1-6-4-12-3-2-7(6)14-17(15,16)13-5-8(9,10)11/h6-7,12-14H,2-5H2,1H3. The highest BCUT2D eigenvalue weighted by atomic mass is 32.2. The van der Waals surface area contributed by atoms with Crippen molar-refractivity contribution in [3.05, 3.63) is 0 Å². The van der Waals surface area contributed by atoms with E-state index in [0.29, 0.717) is 19.5 Å². The molecule has 1 heterocycles. The zero-order valence-electron chi connectivity index (χ0n) is 9.34. The van der Waals surface area contributed by atoms with E-state index in [9.17, 15) is 21.6 Å². The molecule has 1 aliphatic rings. The van der Waals surface area contributed by atoms with Gasteiger partial charge >= 0.3 is 6.18 Å². The van der Waals surface area contributed by atoms with E-state index < -0.39 is 22.9 Å². The minimum Gasteiger partial charge on any atom is -0.316 e. The first-order chi connectivity index (χ1) is 7.70. The molecule has 17 heavy (non-hydrogen) atoms. The third kappa shape index (κ3) is 5.66. The summed E-state index contributed by atoms with van der Waals surface area (Å²) in [7, 11) is -4.10. The molecule has 0 saturated carbocycles. The summed E-state index contributed by atoms with van der Waals surface area (Å²) in [5.74, 6) is 0.0474. The lowest BCUT2D eigenvalue weighted by atomic mass is 9.97. The number of nitrogens with one attached hydrogen (secondary N) is 3. The highest BCUT2D eigenvalue weighted by molar-refractivity contribution is 7.87. The van der Waals surface area contributed by atoms with Gasteiger partial charge in [-0.2, -0.15) is 31.0 Å². The van der Waals surface area contributed by atoms with Crippen molar-refractivity contribution in [2.45, 2.75) is 25.6 Å². The molecular formula is C8H16F3N3O2S. The van der Waals surface area contributed by atoms with Crippen molar-refractivity contribution in [1.82, 2.24) is 14.8 Å². The van der Waals surface area contributed by atoms with Crippen molar-refractivity contribution >= 4 is 10.2 Å². The van der Waals surface area contributed by atoms with Crippen molar-refractivity contribution in [3.8, 4) is 0 Å². The summed E-state index contributed by atoms with van der Waals surface area (Å²) in [6.07, 6.45) is -3.98. The predicted octanol–water partition coefficient (Wildman–Crippen LogP) is -0.0293. The summed E-state index contributed by atoms with van der Waals surface area (Å²) in [5, 5.41) is 3.07. The van der Waals surface area contributed by atoms with Crippen molar-refractivity contribution in [2.75, 3.05) is 19.6 Å². The van der Waals surface area contributed by atoms with Gasteiger partial charge in [-0.25, -0.2) is 0 Å².